The minimum Gasteiger partial charge on any atom is -0.394 e. The van der Waals surface area contributed by atoms with Crippen LogP contribution in [0.4, 0.5) is 0 Å². The van der Waals surface area contributed by atoms with Gasteiger partial charge in [-0.05, 0) is 5.56 Å². The van der Waals surface area contributed by atoms with Gasteiger partial charge in [0.2, 0.25) is 0 Å². The fourth-order valence-corrected chi connectivity index (χ4v) is 3.16. The van der Waals surface area contributed by atoms with Gasteiger partial charge in [-0.1, -0.05) is 30.3 Å². The molecular formula is C17H20BrN5O4. The Bertz CT molecular complexity index is 976. The summed E-state index contributed by atoms with van der Waals surface area (Å²) in [4.78, 5) is 8.59. The first-order valence-electron chi connectivity index (χ1n) is 8.23. The van der Waals surface area contributed by atoms with Gasteiger partial charge in [0, 0.05) is 0 Å². The van der Waals surface area contributed by atoms with E-state index in [1.807, 2.05) is 30.3 Å². The number of ether oxygens (including phenoxy) is 1. The number of aliphatic hydroxyl groups excluding tert-OH is 3. The SMILES string of the molecule is Br.N=c1c2ncn(C3OC(CO)C(O)C3O)c2ncn1Cc1ccccc1. The number of aromatic nitrogens is 4. The standard InChI is InChI=1S/C17H19N5O4.BrH/c18-15-12-16(20-8-21(15)6-10-4-2-1-3-5-10)22(9-19-12)17-14(25)13(24)11(7-23)26-17;/h1-5,8-9,11,13-14,17-18,23-25H,6-7H2;1H. The van der Waals surface area contributed by atoms with Gasteiger partial charge in [0.05, 0.1) is 25.8 Å². The van der Waals surface area contributed by atoms with Gasteiger partial charge < -0.3 is 24.6 Å². The molecule has 0 saturated carbocycles. The highest BCUT2D eigenvalue weighted by atomic mass is 79.9. The second kappa shape index (κ2) is 7.87. The van der Waals surface area contributed by atoms with Crippen LogP contribution in [0.25, 0.3) is 11.2 Å². The van der Waals surface area contributed by atoms with Crippen LogP contribution in [0, 0.1) is 5.41 Å². The Balaban J connectivity index is 0.00000210. The summed E-state index contributed by atoms with van der Waals surface area (Å²) in [6, 6.07) is 9.73. The highest BCUT2D eigenvalue weighted by molar-refractivity contribution is 8.93. The van der Waals surface area contributed by atoms with Gasteiger partial charge in [-0.25, -0.2) is 9.97 Å². The summed E-state index contributed by atoms with van der Waals surface area (Å²) < 4.78 is 8.67. The molecule has 1 aromatic carbocycles. The molecule has 1 fully saturated rings. The number of aliphatic hydroxyl groups is 3. The van der Waals surface area contributed by atoms with Gasteiger partial charge in [0.15, 0.2) is 17.4 Å². The third-order valence-corrected chi connectivity index (χ3v) is 4.59. The van der Waals surface area contributed by atoms with Crippen molar-refractivity contribution in [2.45, 2.75) is 31.1 Å². The van der Waals surface area contributed by atoms with Crippen LogP contribution >= 0.6 is 17.0 Å². The van der Waals surface area contributed by atoms with Crippen LogP contribution in [0.2, 0.25) is 0 Å². The number of benzene rings is 1. The zero-order valence-corrected chi connectivity index (χ0v) is 15.9. The Hall–Kier alpha value is -2.11. The molecule has 1 aliphatic heterocycles. The molecular weight excluding hydrogens is 418 g/mol. The molecule has 9 nitrogen and oxygen atoms in total. The molecule has 10 heteroatoms. The number of nitrogens with one attached hydrogen (secondary N) is 1. The molecule has 27 heavy (non-hydrogen) atoms. The van der Waals surface area contributed by atoms with Gasteiger partial charge in [-0.2, -0.15) is 0 Å². The number of fused-ring (bicyclic) bond motifs is 1. The first-order chi connectivity index (χ1) is 12.6. The van der Waals surface area contributed by atoms with Crippen molar-refractivity contribution in [2.75, 3.05) is 6.61 Å². The molecule has 1 aliphatic rings. The summed E-state index contributed by atoms with van der Waals surface area (Å²) in [5, 5.41) is 37.8. The van der Waals surface area contributed by atoms with Crippen molar-refractivity contribution in [1.29, 1.82) is 5.41 Å². The van der Waals surface area contributed by atoms with E-state index in [1.165, 1.54) is 17.2 Å². The van der Waals surface area contributed by atoms with E-state index in [4.69, 9.17) is 10.1 Å². The lowest BCUT2D eigenvalue weighted by molar-refractivity contribution is -0.0511. The smallest absolute Gasteiger partial charge is 0.167 e. The first-order valence-corrected chi connectivity index (χ1v) is 8.23. The number of imidazole rings is 1. The Kier molecular flexibility index (Phi) is 5.72. The third-order valence-electron chi connectivity index (χ3n) is 4.59. The second-order valence-electron chi connectivity index (χ2n) is 6.26. The average molecular weight is 438 g/mol. The monoisotopic (exact) mass is 437 g/mol. The lowest BCUT2D eigenvalue weighted by atomic mass is 10.1. The molecule has 0 spiro atoms. The highest BCUT2D eigenvalue weighted by Crippen LogP contribution is 2.30. The number of nitrogens with zero attached hydrogens (tertiary/aromatic N) is 4. The predicted octanol–water partition coefficient (Wildman–Crippen LogP) is -0.0500. The lowest BCUT2D eigenvalue weighted by Gasteiger charge is -2.16. The summed E-state index contributed by atoms with van der Waals surface area (Å²) in [5.41, 5.74) is 1.95. The second-order valence-corrected chi connectivity index (χ2v) is 6.26. The first kappa shape index (κ1) is 19.6. The Morgan fingerprint density at radius 3 is 2.48 bits per heavy atom. The van der Waals surface area contributed by atoms with Gasteiger partial charge in [0.25, 0.3) is 0 Å². The molecule has 3 aromatic rings. The fourth-order valence-electron chi connectivity index (χ4n) is 3.16. The lowest BCUT2D eigenvalue weighted by Crippen LogP contribution is -2.33. The highest BCUT2D eigenvalue weighted by Gasteiger charge is 2.43. The number of halogens is 1. The molecule has 4 unspecified atom stereocenters. The van der Waals surface area contributed by atoms with Crippen molar-refractivity contribution in [3.05, 3.63) is 54.0 Å². The van der Waals surface area contributed by atoms with Crippen LogP contribution in [0.3, 0.4) is 0 Å². The minimum absolute atomic E-state index is 0. The molecule has 0 radical (unpaired) electrons. The molecule has 0 aliphatic carbocycles. The van der Waals surface area contributed by atoms with Crippen molar-refractivity contribution in [1.82, 2.24) is 19.1 Å². The molecule has 0 amide bonds. The Morgan fingerprint density at radius 1 is 1.07 bits per heavy atom. The van der Waals surface area contributed by atoms with E-state index < -0.39 is 31.1 Å². The third kappa shape index (κ3) is 3.42. The average Bonchev–Trinajstić information content (AvgIpc) is 3.20. The fraction of sp³-hybridized carbons (Fsp3) is 0.353. The normalized spacial score (nSPS) is 24.9. The van der Waals surface area contributed by atoms with Crippen molar-refractivity contribution >= 4 is 28.1 Å². The van der Waals surface area contributed by atoms with Crippen molar-refractivity contribution in [3.8, 4) is 0 Å². The molecule has 4 atom stereocenters. The van der Waals surface area contributed by atoms with Crippen LogP contribution in [0.5, 0.6) is 0 Å². The zero-order chi connectivity index (χ0) is 18.3. The van der Waals surface area contributed by atoms with Gasteiger partial charge >= 0.3 is 0 Å². The number of hydrogen-bond donors (Lipinski definition) is 4. The number of rotatable bonds is 4. The van der Waals surface area contributed by atoms with Gasteiger partial charge in [-0.15, -0.1) is 17.0 Å². The van der Waals surface area contributed by atoms with Crippen molar-refractivity contribution in [3.63, 3.8) is 0 Å². The summed E-state index contributed by atoms with van der Waals surface area (Å²) in [6.45, 7) is 0.0822. The van der Waals surface area contributed by atoms with Crippen LogP contribution in [0.1, 0.15) is 11.8 Å². The van der Waals surface area contributed by atoms with E-state index in [0.717, 1.165) is 5.56 Å². The maximum atomic E-state index is 10.2. The summed E-state index contributed by atoms with van der Waals surface area (Å²) in [5.74, 6) is 0. The van der Waals surface area contributed by atoms with Crippen LogP contribution < -0.4 is 5.49 Å². The number of hydrogen-bond acceptors (Lipinski definition) is 7. The zero-order valence-electron chi connectivity index (χ0n) is 14.2. The van der Waals surface area contributed by atoms with Crippen LogP contribution in [-0.2, 0) is 11.3 Å². The molecule has 0 bridgehead atoms. The largest absolute Gasteiger partial charge is 0.394 e. The van der Waals surface area contributed by atoms with Crippen LogP contribution in [-0.4, -0.2) is 59.3 Å². The van der Waals surface area contributed by atoms with E-state index in [1.54, 1.807) is 4.57 Å². The maximum absolute atomic E-state index is 10.2. The molecule has 4 rings (SSSR count). The van der Waals surface area contributed by atoms with Crippen molar-refractivity contribution in [2.24, 2.45) is 0 Å². The van der Waals surface area contributed by atoms with Crippen LogP contribution in [0.15, 0.2) is 43.0 Å². The molecule has 3 heterocycles. The maximum Gasteiger partial charge on any atom is 0.167 e. The predicted molar refractivity (Wildman–Crippen MR) is 100 cm³/mol. The Morgan fingerprint density at radius 2 is 1.81 bits per heavy atom. The quantitative estimate of drug-likeness (QED) is 0.452. The van der Waals surface area contributed by atoms with Gasteiger partial charge in [-0.3, -0.25) is 9.98 Å². The summed E-state index contributed by atoms with van der Waals surface area (Å²) >= 11 is 0. The molecule has 1 saturated heterocycles. The molecule has 4 N–H and O–H groups in total. The van der Waals surface area contributed by atoms with E-state index in [0.29, 0.717) is 17.7 Å². The van der Waals surface area contributed by atoms with E-state index >= 15 is 0 Å². The molecule has 2 aromatic heterocycles. The topological polar surface area (TPSA) is 129 Å². The van der Waals surface area contributed by atoms with E-state index in [9.17, 15) is 15.3 Å². The van der Waals surface area contributed by atoms with Crippen molar-refractivity contribution < 1.29 is 20.1 Å². The van der Waals surface area contributed by atoms with E-state index in [-0.39, 0.29) is 22.5 Å². The Labute approximate surface area is 164 Å². The summed E-state index contributed by atoms with van der Waals surface area (Å²) in [7, 11) is 0. The van der Waals surface area contributed by atoms with E-state index in [2.05, 4.69) is 9.97 Å². The minimum atomic E-state index is -1.22. The van der Waals surface area contributed by atoms with Gasteiger partial charge in [0.1, 0.15) is 23.8 Å². The molecule has 144 valence electrons. The summed E-state index contributed by atoms with van der Waals surface area (Å²) in [6.07, 6.45) is -1.28.